The van der Waals surface area contributed by atoms with Gasteiger partial charge in [0.25, 0.3) is 0 Å². The quantitative estimate of drug-likeness (QED) is 0.332. The van der Waals surface area contributed by atoms with Gasteiger partial charge in [0.2, 0.25) is 5.91 Å². The second-order valence-corrected chi connectivity index (χ2v) is 11.3. The summed E-state index contributed by atoms with van der Waals surface area (Å²) in [6, 6.07) is 7.03. The highest BCUT2D eigenvalue weighted by Gasteiger charge is 2.28. The largest absolute Gasteiger partial charge is 0.381 e. The maximum atomic E-state index is 12.4. The lowest BCUT2D eigenvalue weighted by Gasteiger charge is -2.37. The average Bonchev–Trinajstić information content (AvgIpc) is 2.90. The SMILES string of the molecule is CC1(N)CCN(c2cnc(Sc3cccc(NCc4ccncc4N4CCC(=O)NC4=O)c3Cl)c(N)n2)CC1. The van der Waals surface area contributed by atoms with Gasteiger partial charge in [0.1, 0.15) is 10.8 Å². The molecular weight excluding hydrogens is 538 g/mol. The molecule has 2 aliphatic rings. The van der Waals surface area contributed by atoms with Crippen LogP contribution in [0.2, 0.25) is 5.02 Å². The molecule has 0 aliphatic carbocycles. The smallest absolute Gasteiger partial charge is 0.328 e. The maximum absolute atomic E-state index is 12.4. The molecule has 0 bridgehead atoms. The molecule has 6 N–H and O–H groups in total. The summed E-state index contributed by atoms with van der Waals surface area (Å²) in [4.78, 5) is 41.7. The first-order valence-electron chi connectivity index (χ1n) is 12.6. The standard InChI is InChI=1S/C26H30ClN9O2S/c1-26(29)7-11-35(12-8-26)20-15-32-24(23(28)33-20)39-19-4-2-3-17(22(19)27)31-13-16-5-9-30-14-18(16)36-10-6-21(37)34-25(36)38/h2-5,9,14-15,31H,6-8,10-13,29H2,1H3,(H2,28,33)(H,34,37,38). The Labute approximate surface area is 235 Å². The molecule has 11 nitrogen and oxygen atoms in total. The lowest BCUT2D eigenvalue weighted by molar-refractivity contribution is -0.120. The average molecular weight is 568 g/mol. The Kier molecular flexibility index (Phi) is 7.78. The van der Waals surface area contributed by atoms with E-state index < -0.39 is 6.03 Å². The van der Waals surface area contributed by atoms with Gasteiger partial charge in [0.05, 0.1) is 28.8 Å². The number of hydrogen-bond acceptors (Lipinski definition) is 10. The molecule has 4 heterocycles. The minimum atomic E-state index is -0.459. The van der Waals surface area contributed by atoms with E-state index in [2.05, 4.69) is 37.4 Å². The molecule has 0 unspecified atom stereocenters. The van der Waals surface area contributed by atoms with Crippen molar-refractivity contribution in [2.45, 2.75) is 48.2 Å². The first-order chi connectivity index (χ1) is 18.7. The van der Waals surface area contributed by atoms with Crippen LogP contribution in [0.3, 0.4) is 0 Å². The van der Waals surface area contributed by atoms with Crippen LogP contribution < -0.4 is 31.9 Å². The van der Waals surface area contributed by atoms with Gasteiger partial charge in [-0.1, -0.05) is 29.4 Å². The van der Waals surface area contributed by atoms with Crippen molar-refractivity contribution >= 4 is 58.3 Å². The highest BCUT2D eigenvalue weighted by Crippen LogP contribution is 2.39. The Morgan fingerprint density at radius 2 is 1.97 bits per heavy atom. The summed E-state index contributed by atoms with van der Waals surface area (Å²) in [5, 5.41) is 6.78. The van der Waals surface area contributed by atoms with E-state index in [1.54, 1.807) is 18.6 Å². The molecule has 2 saturated heterocycles. The number of benzene rings is 1. The molecule has 1 aromatic carbocycles. The monoisotopic (exact) mass is 567 g/mol. The number of urea groups is 1. The van der Waals surface area contributed by atoms with Crippen molar-refractivity contribution in [3.8, 4) is 0 Å². The predicted octanol–water partition coefficient (Wildman–Crippen LogP) is 3.63. The van der Waals surface area contributed by atoms with Crippen molar-refractivity contribution in [3.63, 3.8) is 0 Å². The van der Waals surface area contributed by atoms with Gasteiger partial charge in [0, 0.05) is 49.2 Å². The molecule has 0 saturated carbocycles. The van der Waals surface area contributed by atoms with Crippen molar-refractivity contribution in [1.29, 1.82) is 0 Å². The predicted molar refractivity (Wildman–Crippen MR) is 153 cm³/mol. The molecule has 3 amide bonds. The van der Waals surface area contributed by atoms with E-state index in [1.807, 2.05) is 24.3 Å². The molecule has 0 spiro atoms. The zero-order valence-electron chi connectivity index (χ0n) is 21.5. The minimum absolute atomic E-state index is 0.150. The topological polar surface area (TPSA) is 155 Å². The molecule has 2 fully saturated rings. The van der Waals surface area contributed by atoms with Gasteiger partial charge in [-0.05, 0) is 43.5 Å². The number of nitrogens with one attached hydrogen (secondary N) is 2. The fraction of sp³-hybridized carbons (Fsp3) is 0.346. The third-order valence-electron chi connectivity index (χ3n) is 6.85. The lowest BCUT2D eigenvalue weighted by atomic mass is 9.91. The van der Waals surface area contributed by atoms with Crippen molar-refractivity contribution < 1.29 is 9.59 Å². The summed E-state index contributed by atoms with van der Waals surface area (Å²) in [6.07, 6.45) is 7.01. The Bertz CT molecular complexity index is 1390. The van der Waals surface area contributed by atoms with E-state index in [-0.39, 0.29) is 17.9 Å². The minimum Gasteiger partial charge on any atom is -0.381 e. The van der Waals surface area contributed by atoms with Crippen molar-refractivity contribution in [2.75, 3.05) is 40.5 Å². The van der Waals surface area contributed by atoms with Crippen LogP contribution in [0.4, 0.5) is 27.8 Å². The Hall–Kier alpha value is -3.61. The maximum Gasteiger partial charge on any atom is 0.328 e. The normalized spacial score (nSPS) is 17.2. The summed E-state index contributed by atoms with van der Waals surface area (Å²) in [5.74, 6) is 0.799. The van der Waals surface area contributed by atoms with Crippen LogP contribution in [0, 0.1) is 0 Å². The number of halogens is 1. The number of nitrogen functional groups attached to an aromatic ring is 1. The number of nitrogens with zero attached hydrogens (tertiary/aromatic N) is 5. The number of carbonyl (C=O) groups is 2. The van der Waals surface area contributed by atoms with Crippen molar-refractivity contribution in [2.24, 2.45) is 5.73 Å². The molecule has 2 aliphatic heterocycles. The van der Waals surface area contributed by atoms with Gasteiger partial charge in [-0.2, -0.15) is 0 Å². The van der Waals surface area contributed by atoms with Gasteiger partial charge in [-0.15, -0.1) is 0 Å². The number of piperidine rings is 1. The molecule has 0 radical (unpaired) electrons. The Balaban J connectivity index is 1.28. The van der Waals surface area contributed by atoms with Crippen molar-refractivity contribution in [3.05, 3.63) is 53.4 Å². The second kappa shape index (κ2) is 11.2. The highest BCUT2D eigenvalue weighted by molar-refractivity contribution is 7.99. The van der Waals surface area contributed by atoms with Crippen LogP contribution >= 0.6 is 23.4 Å². The zero-order valence-corrected chi connectivity index (χ0v) is 23.1. The van der Waals surface area contributed by atoms with Crippen LogP contribution in [-0.4, -0.2) is 52.1 Å². The summed E-state index contributed by atoms with van der Waals surface area (Å²) in [7, 11) is 0. The zero-order chi connectivity index (χ0) is 27.6. The Morgan fingerprint density at radius 3 is 2.72 bits per heavy atom. The number of anilines is 4. The van der Waals surface area contributed by atoms with Gasteiger partial charge in [-0.3, -0.25) is 20.0 Å². The third-order valence-corrected chi connectivity index (χ3v) is 8.44. The number of rotatable bonds is 7. The first kappa shape index (κ1) is 27.0. The number of nitrogens with two attached hydrogens (primary N) is 2. The molecule has 2 aromatic heterocycles. The molecule has 5 rings (SSSR count). The van der Waals surface area contributed by atoms with Gasteiger partial charge in [0.15, 0.2) is 5.82 Å². The van der Waals surface area contributed by atoms with Crippen molar-refractivity contribution in [1.82, 2.24) is 20.3 Å². The van der Waals surface area contributed by atoms with Crippen LogP contribution in [0.1, 0.15) is 31.7 Å². The van der Waals surface area contributed by atoms with Crippen LogP contribution in [0.5, 0.6) is 0 Å². The van der Waals surface area contributed by atoms with Gasteiger partial charge < -0.3 is 21.7 Å². The highest BCUT2D eigenvalue weighted by atomic mass is 35.5. The summed E-state index contributed by atoms with van der Waals surface area (Å²) >= 11 is 8.11. The van der Waals surface area contributed by atoms with Crippen LogP contribution in [0.15, 0.2) is 52.8 Å². The van der Waals surface area contributed by atoms with Crippen LogP contribution in [-0.2, 0) is 11.3 Å². The fourth-order valence-corrected chi connectivity index (χ4v) is 5.60. The molecule has 39 heavy (non-hydrogen) atoms. The number of hydrogen-bond donors (Lipinski definition) is 4. The molecule has 3 aromatic rings. The van der Waals surface area contributed by atoms with Gasteiger partial charge >= 0.3 is 6.03 Å². The molecule has 13 heteroatoms. The van der Waals surface area contributed by atoms with E-state index in [9.17, 15) is 9.59 Å². The number of carbonyl (C=O) groups excluding carboxylic acids is 2. The van der Waals surface area contributed by atoms with E-state index in [4.69, 9.17) is 23.1 Å². The van der Waals surface area contributed by atoms with E-state index in [0.717, 1.165) is 42.2 Å². The fourth-order valence-electron chi connectivity index (χ4n) is 4.48. The molecular formula is C26H30ClN9O2S. The molecule has 0 atom stereocenters. The number of pyridine rings is 1. The Morgan fingerprint density at radius 1 is 1.18 bits per heavy atom. The van der Waals surface area contributed by atoms with Gasteiger partial charge in [-0.25, -0.2) is 14.8 Å². The van der Waals surface area contributed by atoms with E-state index in [1.165, 1.54) is 16.7 Å². The molecule has 204 valence electrons. The third kappa shape index (κ3) is 6.18. The van der Waals surface area contributed by atoms with E-state index in [0.29, 0.717) is 40.3 Å². The summed E-state index contributed by atoms with van der Waals surface area (Å²) in [6.45, 7) is 4.38. The summed E-state index contributed by atoms with van der Waals surface area (Å²) < 4.78 is 0. The van der Waals surface area contributed by atoms with Crippen LogP contribution in [0.25, 0.3) is 0 Å². The lowest BCUT2D eigenvalue weighted by Crippen LogP contribution is -2.50. The second-order valence-electron chi connectivity index (χ2n) is 9.89. The summed E-state index contributed by atoms with van der Waals surface area (Å²) in [5.41, 5.74) is 14.6. The first-order valence-corrected chi connectivity index (χ1v) is 13.8. The number of imide groups is 1. The number of amides is 3. The number of aromatic nitrogens is 3. The van der Waals surface area contributed by atoms with E-state index >= 15 is 0 Å².